The Hall–Kier alpha value is -1.68. The van der Waals surface area contributed by atoms with E-state index in [-0.39, 0.29) is 13.2 Å². The predicted molar refractivity (Wildman–Crippen MR) is 108 cm³/mol. The molecule has 0 saturated carbocycles. The number of benzene rings is 2. The van der Waals surface area contributed by atoms with Crippen LogP contribution in [0.2, 0.25) is 0 Å². The molecule has 142 valence electrons. The van der Waals surface area contributed by atoms with E-state index in [2.05, 4.69) is 50.8 Å². The highest BCUT2D eigenvalue weighted by Gasteiger charge is 2.34. The van der Waals surface area contributed by atoms with Crippen molar-refractivity contribution in [1.29, 1.82) is 0 Å². The molecule has 3 nitrogen and oxygen atoms in total. The Labute approximate surface area is 158 Å². The summed E-state index contributed by atoms with van der Waals surface area (Å²) in [4.78, 5) is 2.46. The van der Waals surface area contributed by atoms with Gasteiger partial charge in [-0.1, -0.05) is 54.6 Å². The lowest BCUT2D eigenvalue weighted by Gasteiger charge is -2.38. The number of hydrogen-bond acceptors (Lipinski definition) is 3. The van der Waals surface area contributed by atoms with E-state index in [1.54, 1.807) is 0 Å². The Morgan fingerprint density at radius 2 is 1.46 bits per heavy atom. The van der Waals surface area contributed by atoms with Gasteiger partial charge in [-0.3, -0.25) is 4.90 Å². The molecule has 0 aliphatic rings. The highest BCUT2D eigenvalue weighted by Crippen LogP contribution is 2.36. The van der Waals surface area contributed by atoms with Crippen LogP contribution in [0.5, 0.6) is 0 Å². The number of aliphatic hydroxyl groups is 2. The van der Waals surface area contributed by atoms with Gasteiger partial charge < -0.3 is 10.2 Å². The van der Waals surface area contributed by atoms with E-state index in [0.29, 0.717) is 12.1 Å². The monoisotopic (exact) mass is 355 g/mol. The molecule has 0 spiro atoms. The van der Waals surface area contributed by atoms with Crippen LogP contribution in [-0.2, 0) is 12.0 Å². The fourth-order valence-corrected chi connectivity index (χ4v) is 3.87. The molecule has 1 atom stereocenters. The van der Waals surface area contributed by atoms with Crippen LogP contribution in [0.15, 0.2) is 54.6 Å². The Kier molecular flexibility index (Phi) is 7.39. The summed E-state index contributed by atoms with van der Waals surface area (Å²) < 4.78 is 0. The third kappa shape index (κ3) is 4.53. The zero-order chi connectivity index (χ0) is 19.2. The minimum Gasteiger partial charge on any atom is -0.395 e. The minimum atomic E-state index is -0.478. The molecule has 0 fully saturated rings. The number of rotatable bonds is 9. The largest absolute Gasteiger partial charge is 0.395 e. The van der Waals surface area contributed by atoms with Crippen LogP contribution < -0.4 is 0 Å². The van der Waals surface area contributed by atoms with Gasteiger partial charge in [0.05, 0.1) is 13.2 Å². The first-order valence-electron chi connectivity index (χ1n) is 9.57. The lowest BCUT2D eigenvalue weighted by Crippen LogP contribution is -2.42. The van der Waals surface area contributed by atoms with E-state index < -0.39 is 5.41 Å². The third-order valence-corrected chi connectivity index (χ3v) is 5.38. The van der Waals surface area contributed by atoms with Gasteiger partial charge >= 0.3 is 0 Å². The molecule has 0 heterocycles. The lowest BCUT2D eigenvalue weighted by atomic mass is 9.72. The number of nitrogens with zero attached hydrogens (tertiary/aromatic N) is 1. The number of aliphatic hydroxyl groups excluding tert-OH is 2. The first-order chi connectivity index (χ1) is 12.4. The fraction of sp³-hybridized carbons (Fsp3) is 0.478. The van der Waals surface area contributed by atoms with E-state index in [1.807, 2.05) is 36.4 Å². The van der Waals surface area contributed by atoms with Crippen LogP contribution >= 0.6 is 0 Å². The maximum Gasteiger partial charge on any atom is 0.0681 e. The summed E-state index contributed by atoms with van der Waals surface area (Å²) in [6.07, 6.45) is 0.818. The van der Waals surface area contributed by atoms with Gasteiger partial charge in [-0.15, -0.1) is 0 Å². The molecule has 0 radical (unpaired) electrons. The molecule has 0 saturated heterocycles. The van der Waals surface area contributed by atoms with Crippen molar-refractivity contribution in [2.75, 3.05) is 13.2 Å². The normalized spacial score (nSPS) is 14.2. The van der Waals surface area contributed by atoms with Gasteiger partial charge in [0.15, 0.2) is 0 Å². The Morgan fingerprint density at radius 1 is 0.846 bits per heavy atom. The van der Waals surface area contributed by atoms with Gasteiger partial charge in [0.25, 0.3) is 0 Å². The molecule has 1 unspecified atom stereocenters. The molecule has 0 amide bonds. The molecular weight excluding hydrogens is 322 g/mol. The van der Waals surface area contributed by atoms with E-state index >= 15 is 0 Å². The SMILES string of the molecule is CC(C)N(CCC(CO)(c1ccccc1)c1cccc(CO)c1)C(C)C. The highest BCUT2D eigenvalue weighted by molar-refractivity contribution is 5.41. The van der Waals surface area contributed by atoms with Crippen LogP contribution in [0.1, 0.15) is 50.8 Å². The van der Waals surface area contributed by atoms with E-state index in [0.717, 1.165) is 29.7 Å². The second-order valence-electron chi connectivity index (χ2n) is 7.64. The second-order valence-corrected chi connectivity index (χ2v) is 7.64. The van der Waals surface area contributed by atoms with Crippen molar-refractivity contribution < 1.29 is 10.2 Å². The highest BCUT2D eigenvalue weighted by atomic mass is 16.3. The van der Waals surface area contributed by atoms with Crippen LogP contribution in [0.25, 0.3) is 0 Å². The quantitative estimate of drug-likeness (QED) is 0.715. The summed E-state index contributed by atoms with van der Waals surface area (Å²) in [7, 11) is 0. The molecule has 0 aliphatic heterocycles. The molecule has 26 heavy (non-hydrogen) atoms. The zero-order valence-electron chi connectivity index (χ0n) is 16.5. The first kappa shape index (κ1) is 20.6. The smallest absolute Gasteiger partial charge is 0.0681 e. The van der Waals surface area contributed by atoms with Gasteiger partial charge in [0, 0.05) is 17.5 Å². The Bertz CT molecular complexity index is 661. The van der Waals surface area contributed by atoms with Gasteiger partial charge in [-0.05, 0) is 57.4 Å². The van der Waals surface area contributed by atoms with E-state index in [1.165, 1.54) is 0 Å². The summed E-state index contributed by atoms with van der Waals surface area (Å²) in [6.45, 7) is 9.81. The van der Waals surface area contributed by atoms with Crippen LogP contribution in [0.3, 0.4) is 0 Å². The third-order valence-electron chi connectivity index (χ3n) is 5.38. The molecule has 2 rings (SSSR count). The molecule has 2 N–H and O–H groups in total. The van der Waals surface area contributed by atoms with Gasteiger partial charge in [0.1, 0.15) is 0 Å². The van der Waals surface area contributed by atoms with Crippen molar-refractivity contribution in [3.05, 3.63) is 71.3 Å². The molecule has 3 heteroatoms. The van der Waals surface area contributed by atoms with Crippen molar-refractivity contribution in [2.45, 2.75) is 58.2 Å². The summed E-state index contributed by atoms with van der Waals surface area (Å²) in [5, 5.41) is 20.1. The van der Waals surface area contributed by atoms with Crippen molar-refractivity contribution >= 4 is 0 Å². The fourth-order valence-electron chi connectivity index (χ4n) is 3.87. The maximum absolute atomic E-state index is 10.6. The number of hydrogen-bond donors (Lipinski definition) is 2. The average molecular weight is 356 g/mol. The van der Waals surface area contributed by atoms with Crippen molar-refractivity contribution in [1.82, 2.24) is 4.90 Å². The topological polar surface area (TPSA) is 43.7 Å². The summed E-state index contributed by atoms with van der Waals surface area (Å²) >= 11 is 0. The second kappa shape index (κ2) is 9.31. The average Bonchev–Trinajstić information content (AvgIpc) is 2.65. The van der Waals surface area contributed by atoms with Crippen LogP contribution in [0, 0.1) is 0 Å². The molecule has 0 aliphatic carbocycles. The summed E-state index contributed by atoms with van der Waals surface area (Å²) in [6, 6.07) is 19.1. The van der Waals surface area contributed by atoms with Crippen molar-refractivity contribution in [3.63, 3.8) is 0 Å². The molecule has 2 aromatic carbocycles. The molecule has 2 aromatic rings. The zero-order valence-corrected chi connectivity index (χ0v) is 16.5. The predicted octanol–water partition coefficient (Wildman–Crippen LogP) is 3.97. The van der Waals surface area contributed by atoms with Crippen molar-refractivity contribution in [3.8, 4) is 0 Å². The summed E-state index contributed by atoms with van der Waals surface area (Å²) in [5.74, 6) is 0. The molecule has 0 bridgehead atoms. The first-order valence-corrected chi connectivity index (χ1v) is 9.57. The van der Waals surface area contributed by atoms with Crippen LogP contribution in [0.4, 0.5) is 0 Å². The van der Waals surface area contributed by atoms with Crippen molar-refractivity contribution in [2.24, 2.45) is 0 Å². The Morgan fingerprint density at radius 3 is 2.00 bits per heavy atom. The standard InChI is InChI=1S/C23H33NO2/c1-18(2)24(19(3)4)14-13-23(17-26,21-10-6-5-7-11-21)22-12-8-9-20(15-22)16-25/h5-12,15,18-19,25-26H,13-14,16-17H2,1-4H3. The maximum atomic E-state index is 10.6. The molecule has 0 aromatic heterocycles. The van der Waals surface area contributed by atoms with Gasteiger partial charge in [-0.25, -0.2) is 0 Å². The Balaban J connectivity index is 2.47. The van der Waals surface area contributed by atoms with Gasteiger partial charge in [0.2, 0.25) is 0 Å². The van der Waals surface area contributed by atoms with Gasteiger partial charge in [-0.2, -0.15) is 0 Å². The molecular formula is C23H33NO2. The summed E-state index contributed by atoms with van der Waals surface area (Å²) in [5.41, 5.74) is 2.57. The minimum absolute atomic E-state index is 0.00819. The van der Waals surface area contributed by atoms with E-state index in [9.17, 15) is 10.2 Å². The lowest BCUT2D eigenvalue weighted by molar-refractivity contribution is 0.140. The van der Waals surface area contributed by atoms with Crippen LogP contribution in [-0.4, -0.2) is 40.3 Å². The van der Waals surface area contributed by atoms with E-state index in [4.69, 9.17) is 0 Å².